The molecule has 0 aliphatic rings. The summed E-state index contributed by atoms with van der Waals surface area (Å²) in [6.45, 7) is 5.58. The lowest BCUT2D eigenvalue weighted by atomic mass is 10.2. The van der Waals surface area contributed by atoms with Crippen molar-refractivity contribution in [3.05, 3.63) is 58.9 Å². The van der Waals surface area contributed by atoms with Crippen LogP contribution in [0.5, 0.6) is 0 Å². The van der Waals surface area contributed by atoms with Crippen LogP contribution in [-0.2, 0) is 11.3 Å². The number of rotatable bonds is 3. The third-order valence-corrected chi connectivity index (χ3v) is 3.98. The Balaban J connectivity index is 1.57. The van der Waals surface area contributed by atoms with Gasteiger partial charge in [-0.3, -0.25) is 0 Å². The first-order valence-corrected chi connectivity index (χ1v) is 8.11. The maximum absolute atomic E-state index is 12.3. The molecule has 0 N–H and O–H groups in total. The number of benzene rings is 1. The molecule has 0 radical (unpaired) electrons. The van der Waals surface area contributed by atoms with E-state index in [1.54, 1.807) is 0 Å². The standard InChI is InChI=1S/C18H16N6O2/c1-10-8-11(2)24-18(19-10)22-16(23-24)17(25)26-9-15-12(3)20-13-6-4-5-7-14(13)21-15/h4-8H,9H2,1-3H3. The van der Waals surface area contributed by atoms with E-state index in [1.165, 1.54) is 4.52 Å². The summed E-state index contributed by atoms with van der Waals surface area (Å²) in [6, 6.07) is 9.42. The number of para-hydroxylation sites is 2. The number of hydrogen-bond donors (Lipinski definition) is 0. The van der Waals surface area contributed by atoms with E-state index >= 15 is 0 Å². The van der Waals surface area contributed by atoms with Gasteiger partial charge < -0.3 is 4.74 Å². The Kier molecular flexibility index (Phi) is 3.80. The Bertz CT molecular complexity index is 1150. The van der Waals surface area contributed by atoms with Gasteiger partial charge in [0.25, 0.3) is 11.6 Å². The highest BCUT2D eigenvalue weighted by atomic mass is 16.5. The topological polar surface area (TPSA) is 95.2 Å². The van der Waals surface area contributed by atoms with E-state index in [0.29, 0.717) is 17.2 Å². The summed E-state index contributed by atoms with van der Waals surface area (Å²) in [6.07, 6.45) is 0. The molecule has 130 valence electrons. The summed E-state index contributed by atoms with van der Waals surface area (Å²) in [5.41, 5.74) is 4.53. The SMILES string of the molecule is Cc1cc(C)n2nc(C(=O)OCc3nc4ccccc4nc3C)nc2n1. The van der Waals surface area contributed by atoms with Gasteiger partial charge in [0.2, 0.25) is 0 Å². The summed E-state index contributed by atoms with van der Waals surface area (Å²) in [5, 5.41) is 4.17. The highest BCUT2D eigenvalue weighted by molar-refractivity contribution is 5.85. The van der Waals surface area contributed by atoms with Gasteiger partial charge in [0.1, 0.15) is 6.61 Å². The molecule has 0 amide bonds. The maximum Gasteiger partial charge on any atom is 0.378 e. The first-order valence-electron chi connectivity index (χ1n) is 8.11. The van der Waals surface area contributed by atoms with Crippen molar-refractivity contribution in [1.82, 2.24) is 29.5 Å². The summed E-state index contributed by atoms with van der Waals surface area (Å²) in [5.74, 6) is -0.282. The molecule has 3 heterocycles. The van der Waals surface area contributed by atoms with E-state index in [-0.39, 0.29) is 12.4 Å². The number of esters is 1. The second-order valence-electron chi connectivity index (χ2n) is 6.01. The maximum atomic E-state index is 12.3. The Morgan fingerprint density at radius 3 is 2.54 bits per heavy atom. The molecule has 4 aromatic rings. The molecular formula is C18H16N6O2. The zero-order valence-corrected chi connectivity index (χ0v) is 14.6. The van der Waals surface area contributed by atoms with Gasteiger partial charge in [0, 0.05) is 11.4 Å². The third kappa shape index (κ3) is 2.85. The normalized spacial score (nSPS) is 11.2. The second kappa shape index (κ2) is 6.14. The number of aromatic nitrogens is 6. The number of aryl methyl sites for hydroxylation is 3. The fraction of sp³-hybridized carbons (Fsp3) is 0.222. The number of fused-ring (bicyclic) bond motifs is 2. The molecule has 0 spiro atoms. The van der Waals surface area contributed by atoms with Crippen LogP contribution in [0.2, 0.25) is 0 Å². The summed E-state index contributed by atoms with van der Waals surface area (Å²) in [7, 11) is 0. The van der Waals surface area contributed by atoms with Gasteiger partial charge in [-0.15, -0.1) is 5.10 Å². The minimum atomic E-state index is -0.623. The van der Waals surface area contributed by atoms with Crippen LogP contribution < -0.4 is 0 Å². The average Bonchev–Trinajstić information content (AvgIpc) is 3.04. The molecule has 1 aromatic carbocycles. The zero-order valence-electron chi connectivity index (χ0n) is 14.6. The van der Waals surface area contributed by atoms with Crippen molar-refractivity contribution in [1.29, 1.82) is 0 Å². The molecule has 4 rings (SSSR count). The zero-order chi connectivity index (χ0) is 18.3. The molecule has 0 bridgehead atoms. The lowest BCUT2D eigenvalue weighted by Crippen LogP contribution is -2.10. The van der Waals surface area contributed by atoms with Gasteiger partial charge in [-0.25, -0.2) is 24.3 Å². The molecule has 0 aliphatic heterocycles. The van der Waals surface area contributed by atoms with Crippen molar-refractivity contribution >= 4 is 22.8 Å². The van der Waals surface area contributed by atoms with Gasteiger partial charge in [0.05, 0.1) is 22.4 Å². The number of hydrogen-bond acceptors (Lipinski definition) is 7. The van der Waals surface area contributed by atoms with E-state index in [9.17, 15) is 4.79 Å². The van der Waals surface area contributed by atoms with E-state index in [2.05, 4.69) is 25.0 Å². The molecular weight excluding hydrogens is 332 g/mol. The van der Waals surface area contributed by atoms with Crippen LogP contribution in [0.4, 0.5) is 0 Å². The largest absolute Gasteiger partial charge is 0.453 e. The van der Waals surface area contributed by atoms with Gasteiger partial charge in [0.15, 0.2) is 0 Å². The van der Waals surface area contributed by atoms with E-state index in [4.69, 9.17) is 4.74 Å². The first-order chi connectivity index (χ1) is 12.5. The van der Waals surface area contributed by atoms with Crippen molar-refractivity contribution in [3.63, 3.8) is 0 Å². The van der Waals surface area contributed by atoms with Crippen molar-refractivity contribution in [2.75, 3.05) is 0 Å². The van der Waals surface area contributed by atoms with Crippen molar-refractivity contribution in [2.24, 2.45) is 0 Å². The Labute approximate surface area is 148 Å². The summed E-state index contributed by atoms with van der Waals surface area (Å²) < 4.78 is 6.85. The van der Waals surface area contributed by atoms with Gasteiger partial charge >= 0.3 is 5.97 Å². The minimum absolute atomic E-state index is 0.00346. The number of carbonyl (C=O) groups is 1. The summed E-state index contributed by atoms with van der Waals surface area (Å²) >= 11 is 0. The number of carbonyl (C=O) groups excluding carboxylic acids is 1. The fourth-order valence-electron chi connectivity index (χ4n) is 2.71. The Morgan fingerprint density at radius 2 is 1.77 bits per heavy atom. The highest BCUT2D eigenvalue weighted by Gasteiger charge is 2.17. The van der Waals surface area contributed by atoms with Crippen molar-refractivity contribution in [3.8, 4) is 0 Å². The third-order valence-electron chi connectivity index (χ3n) is 3.98. The van der Waals surface area contributed by atoms with Crippen LogP contribution in [-0.4, -0.2) is 35.5 Å². The van der Waals surface area contributed by atoms with Crippen molar-refractivity contribution in [2.45, 2.75) is 27.4 Å². The fourth-order valence-corrected chi connectivity index (χ4v) is 2.71. The minimum Gasteiger partial charge on any atom is -0.453 e. The predicted octanol–water partition coefficient (Wildman–Crippen LogP) is 2.35. The molecule has 0 atom stereocenters. The second-order valence-corrected chi connectivity index (χ2v) is 6.01. The molecule has 26 heavy (non-hydrogen) atoms. The van der Waals surface area contributed by atoms with Crippen LogP contribution in [0, 0.1) is 20.8 Å². The van der Waals surface area contributed by atoms with Gasteiger partial charge in [-0.2, -0.15) is 4.98 Å². The smallest absolute Gasteiger partial charge is 0.378 e. The molecule has 8 heteroatoms. The van der Waals surface area contributed by atoms with Crippen LogP contribution in [0.1, 0.15) is 33.4 Å². The Morgan fingerprint density at radius 1 is 1.04 bits per heavy atom. The van der Waals surface area contributed by atoms with E-state index in [0.717, 1.165) is 22.4 Å². The molecule has 0 unspecified atom stereocenters. The lowest BCUT2D eigenvalue weighted by Gasteiger charge is -2.06. The molecule has 8 nitrogen and oxygen atoms in total. The van der Waals surface area contributed by atoms with E-state index in [1.807, 2.05) is 51.1 Å². The average molecular weight is 348 g/mol. The van der Waals surface area contributed by atoms with Crippen LogP contribution >= 0.6 is 0 Å². The predicted molar refractivity (Wildman–Crippen MR) is 93.7 cm³/mol. The quantitative estimate of drug-likeness (QED) is 0.524. The number of nitrogens with zero attached hydrogens (tertiary/aromatic N) is 6. The molecule has 0 saturated heterocycles. The molecule has 0 saturated carbocycles. The van der Waals surface area contributed by atoms with Crippen LogP contribution in [0.3, 0.4) is 0 Å². The highest BCUT2D eigenvalue weighted by Crippen LogP contribution is 2.13. The molecule has 3 aromatic heterocycles. The van der Waals surface area contributed by atoms with Gasteiger partial charge in [-0.1, -0.05) is 12.1 Å². The first kappa shape index (κ1) is 16.1. The molecule has 0 fully saturated rings. The molecule has 0 aliphatic carbocycles. The van der Waals surface area contributed by atoms with Gasteiger partial charge in [-0.05, 0) is 39.0 Å². The monoisotopic (exact) mass is 348 g/mol. The van der Waals surface area contributed by atoms with Crippen molar-refractivity contribution < 1.29 is 9.53 Å². The van der Waals surface area contributed by atoms with Crippen LogP contribution in [0.25, 0.3) is 16.8 Å². The van der Waals surface area contributed by atoms with Crippen LogP contribution in [0.15, 0.2) is 30.3 Å². The lowest BCUT2D eigenvalue weighted by molar-refractivity contribution is 0.0453. The van der Waals surface area contributed by atoms with E-state index < -0.39 is 5.97 Å². The summed E-state index contributed by atoms with van der Waals surface area (Å²) in [4.78, 5) is 29.7. The number of ether oxygens (including phenoxy) is 1. The Hall–Kier alpha value is -3.42.